The highest BCUT2D eigenvalue weighted by Gasteiger charge is 2.39. The first kappa shape index (κ1) is 30.3. The Morgan fingerprint density at radius 1 is 0.946 bits per heavy atom. The lowest BCUT2D eigenvalue weighted by atomic mass is 9.80. The van der Waals surface area contributed by atoms with Gasteiger partial charge in [-0.3, -0.25) is 4.99 Å². The van der Waals surface area contributed by atoms with Crippen LogP contribution in [0.2, 0.25) is 0 Å². The van der Waals surface area contributed by atoms with Crippen LogP contribution in [0.1, 0.15) is 71.8 Å². The van der Waals surface area contributed by atoms with E-state index in [9.17, 15) is 9.59 Å². The van der Waals surface area contributed by atoms with Gasteiger partial charge in [0.1, 0.15) is 5.75 Å². The molecule has 1 aromatic rings. The molecule has 0 fully saturated rings. The van der Waals surface area contributed by atoms with Gasteiger partial charge in [-0.2, -0.15) is 0 Å². The number of para-hydroxylation sites is 1. The van der Waals surface area contributed by atoms with Crippen LogP contribution in [0.5, 0.6) is 5.75 Å². The molecule has 8 nitrogen and oxygen atoms in total. The van der Waals surface area contributed by atoms with Gasteiger partial charge in [0, 0.05) is 23.5 Å². The summed E-state index contributed by atoms with van der Waals surface area (Å²) in [6, 6.07) is 7.53. The van der Waals surface area contributed by atoms with E-state index < -0.39 is 17.9 Å². The van der Waals surface area contributed by atoms with E-state index in [4.69, 9.17) is 19.9 Å². The molecule has 37 heavy (non-hydrogen) atoms. The van der Waals surface area contributed by atoms with Crippen LogP contribution in [0.3, 0.4) is 0 Å². The highest BCUT2D eigenvalue weighted by molar-refractivity contribution is 8.13. The molecule has 0 saturated carbocycles. The molecule has 0 unspecified atom stereocenters. The van der Waals surface area contributed by atoms with Crippen molar-refractivity contribution in [1.29, 1.82) is 0 Å². The number of nitrogens with zero attached hydrogens (tertiary/aromatic N) is 1. The molecule has 0 aromatic heterocycles. The predicted molar refractivity (Wildman–Crippen MR) is 150 cm³/mol. The van der Waals surface area contributed by atoms with Crippen molar-refractivity contribution in [3.63, 3.8) is 0 Å². The maximum Gasteiger partial charge on any atom is 0.336 e. The number of carbonyl (C=O) groups is 2. The van der Waals surface area contributed by atoms with Crippen molar-refractivity contribution in [1.82, 2.24) is 5.32 Å². The molecule has 1 aliphatic heterocycles. The minimum Gasteiger partial charge on any atom is -0.493 e. The van der Waals surface area contributed by atoms with E-state index in [1.807, 2.05) is 38.1 Å². The van der Waals surface area contributed by atoms with Crippen LogP contribution in [0.25, 0.3) is 0 Å². The molecule has 0 bridgehead atoms. The number of unbranched alkanes of at least 4 members (excludes halogenated alkanes) is 3. The molecular formula is C28H41N3O5S. The Morgan fingerprint density at radius 3 is 2.14 bits per heavy atom. The number of nitrogens with two attached hydrogens (primary N) is 1. The minimum absolute atomic E-state index is 0.229. The molecule has 0 saturated heterocycles. The van der Waals surface area contributed by atoms with Crippen molar-refractivity contribution in [2.45, 2.75) is 66.2 Å². The largest absolute Gasteiger partial charge is 0.493 e. The van der Waals surface area contributed by atoms with Gasteiger partial charge in [-0.25, -0.2) is 9.59 Å². The van der Waals surface area contributed by atoms with Gasteiger partial charge in [-0.05, 0) is 58.8 Å². The van der Waals surface area contributed by atoms with Crippen LogP contribution < -0.4 is 15.8 Å². The maximum absolute atomic E-state index is 13.0. The summed E-state index contributed by atoms with van der Waals surface area (Å²) in [6.07, 6.45) is 3.90. The number of ether oxygens (including phenoxy) is 3. The molecule has 9 heteroatoms. The zero-order valence-corrected chi connectivity index (χ0v) is 23.5. The van der Waals surface area contributed by atoms with Crippen molar-refractivity contribution in [3.8, 4) is 5.75 Å². The highest BCUT2D eigenvalue weighted by atomic mass is 32.2. The number of amidine groups is 1. The van der Waals surface area contributed by atoms with Crippen LogP contribution in [-0.2, 0) is 19.1 Å². The van der Waals surface area contributed by atoms with Crippen molar-refractivity contribution in [2.24, 2.45) is 10.7 Å². The second kappa shape index (κ2) is 16.0. The first-order valence-corrected chi connectivity index (χ1v) is 14.0. The average Bonchev–Trinajstić information content (AvgIpc) is 2.85. The number of thioether (sulfide) groups is 1. The van der Waals surface area contributed by atoms with Crippen molar-refractivity contribution in [3.05, 3.63) is 52.4 Å². The molecule has 3 N–H and O–H groups in total. The summed E-state index contributed by atoms with van der Waals surface area (Å²) in [6.45, 7) is 10.9. The molecule has 0 atom stereocenters. The summed E-state index contributed by atoms with van der Waals surface area (Å²) in [4.78, 5) is 30.5. The van der Waals surface area contributed by atoms with Gasteiger partial charge >= 0.3 is 11.9 Å². The number of allylic oxidation sites excluding steroid dienone is 2. The van der Waals surface area contributed by atoms with Gasteiger partial charge < -0.3 is 25.3 Å². The van der Waals surface area contributed by atoms with Crippen LogP contribution in [0, 0.1) is 0 Å². The zero-order valence-electron chi connectivity index (χ0n) is 22.7. The molecule has 0 radical (unpaired) electrons. The van der Waals surface area contributed by atoms with Crippen molar-refractivity contribution < 1.29 is 23.8 Å². The molecule has 1 aromatic carbocycles. The lowest BCUT2D eigenvalue weighted by Crippen LogP contribution is -2.32. The predicted octanol–water partition coefficient (Wildman–Crippen LogP) is 5.05. The molecule has 0 aliphatic carbocycles. The van der Waals surface area contributed by atoms with E-state index >= 15 is 0 Å². The Labute approximate surface area is 225 Å². The number of carbonyl (C=O) groups excluding carboxylic acids is 2. The van der Waals surface area contributed by atoms with E-state index in [-0.39, 0.29) is 13.2 Å². The molecule has 2 rings (SSSR count). The molecule has 0 amide bonds. The van der Waals surface area contributed by atoms with E-state index in [0.717, 1.165) is 43.5 Å². The zero-order chi connectivity index (χ0) is 27.2. The number of nitrogens with one attached hydrogen (secondary N) is 1. The quantitative estimate of drug-likeness (QED) is 0.148. The third-order valence-corrected chi connectivity index (χ3v) is 6.56. The Bertz CT molecular complexity index is 979. The van der Waals surface area contributed by atoms with Crippen molar-refractivity contribution in [2.75, 3.05) is 32.1 Å². The highest BCUT2D eigenvalue weighted by Crippen LogP contribution is 2.42. The fourth-order valence-electron chi connectivity index (χ4n) is 4.25. The standard InChI is InChI=1S/C28H41N3O5S/c1-6-34-26(32)23-19(4)31-20(5)24(27(33)35-7-2)25(23)21-15-11-12-16-22(21)36-18-14-10-9-13-17-30-28(29)37-8-3/h11-12,15-16,25,31H,6-10,13-14,17-18H2,1-5H3,(H2,29,30). The Hall–Kier alpha value is -2.94. The summed E-state index contributed by atoms with van der Waals surface area (Å²) in [5.74, 6) is -0.0457. The SMILES string of the molecule is CCOC(=O)C1=C(C)NC(C)=C(C(=O)OCC)C1c1ccccc1OCCCCCCN=C(N)SCC. The Kier molecular flexibility index (Phi) is 13.1. The maximum atomic E-state index is 13.0. The van der Waals surface area contributed by atoms with Crippen LogP contribution >= 0.6 is 11.8 Å². The number of esters is 2. The first-order chi connectivity index (χ1) is 17.8. The second-order valence-corrected chi connectivity index (χ2v) is 9.81. The minimum atomic E-state index is -0.667. The van der Waals surface area contributed by atoms with Gasteiger partial charge in [-0.15, -0.1) is 0 Å². The fraction of sp³-hybridized carbons (Fsp3) is 0.536. The lowest BCUT2D eigenvalue weighted by Gasteiger charge is -2.31. The van der Waals surface area contributed by atoms with E-state index in [0.29, 0.717) is 40.1 Å². The monoisotopic (exact) mass is 531 g/mol. The van der Waals surface area contributed by atoms with E-state index in [1.165, 1.54) is 0 Å². The van der Waals surface area contributed by atoms with Gasteiger partial charge in [0.15, 0.2) is 5.17 Å². The molecule has 1 aliphatic rings. The topological polar surface area (TPSA) is 112 Å². The molecule has 1 heterocycles. The summed E-state index contributed by atoms with van der Waals surface area (Å²) in [5.41, 5.74) is 8.60. The van der Waals surface area contributed by atoms with Crippen LogP contribution in [-0.4, -0.2) is 49.2 Å². The average molecular weight is 532 g/mol. The van der Waals surface area contributed by atoms with Gasteiger partial charge in [0.25, 0.3) is 0 Å². The normalized spacial score (nSPS) is 14.5. The summed E-state index contributed by atoms with van der Waals surface area (Å²) in [5, 5.41) is 3.82. The third-order valence-electron chi connectivity index (χ3n) is 5.85. The summed E-state index contributed by atoms with van der Waals surface area (Å²) in [7, 11) is 0. The molecule has 204 valence electrons. The smallest absolute Gasteiger partial charge is 0.336 e. The molecule has 0 spiro atoms. The van der Waals surface area contributed by atoms with E-state index in [1.54, 1.807) is 25.6 Å². The number of rotatable bonds is 14. The number of hydrogen-bond donors (Lipinski definition) is 2. The van der Waals surface area contributed by atoms with E-state index in [2.05, 4.69) is 17.2 Å². The van der Waals surface area contributed by atoms with Gasteiger partial charge in [0.2, 0.25) is 0 Å². The lowest BCUT2D eigenvalue weighted by molar-refractivity contribution is -0.139. The summed E-state index contributed by atoms with van der Waals surface area (Å²) >= 11 is 1.56. The van der Waals surface area contributed by atoms with Crippen LogP contribution in [0.15, 0.2) is 51.8 Å². The fourth-order valence-corrected chi connectivity index (χ4v) is 4.72. The van der Waals surface area contributed by atoms with Crippen molar-refractivity contribution >= 4 is 28.9 Å². The second-order valence-electron chi connectivity index (χ2n) is 8.53. The van der Waals surface area contributed by atoms with Crippen LogP contribution in [0.4, 0.5) is 0 Å². The number of dihydropyridines is 1. The Balaban J connectivity index is 2.19. The Morgan fingerprint density at radius 2 is 1.54 bits per heavy atom. The molecular weight excluding hydrogens is 490 g/mol. The third kappa shape index (κ3) is 8.84. The number of benzene rings is 1. The van der Waals surface area contributed by atoms with Gasteiger partial charge in [-0.1, -0.05) is 43.3 Å². The summed E-state index contributed by atoms with van der Waals surface area (Å²) < 4.78 is 16.9. The number of hydrogen-bond acceptors (Lipinski definition) is 8. The first-order valence-electron chi connectivity index (χ1n) is 13.0. The number of aliphatic imine (C=N–C) groups is 1. The van der Waals surface area contributed by atoms with Gasteiger partial charge in [0.05, 0.1) is 36.9 Å².